The lowest BCUT2D eigenvalue weighted by atomic mass is 9.87. The molecule has 4 nitrogen and oxygen atoms in total. The minimum Gasteiger partial charge on any atom is -0.494 e. The summed E-state index contributed by atoms with van der Waals surface area (Å²) in [5, 5.41) is 3.59. The second kappa shape index (κ2) is 10.8. The number of fused-ring (bicyclic) bond motifs is 1. The Labute approximate surface area is 216 Å². The molecule has 178 valence electrons. The van der Waals surface area contributed by atoms with E-state index in [1.54, 1.807) is 0 Å². The first-order valence-corrected chi connectivity index (χ1v) is 13.6. The van der Waals surface area contributed by atoms with Crippen LogP contribution in [-0.2, 0) is 16.4 Å². The fourth-order valence-corrected chi connectivity index (χ4v) is 4.39. The van der Waals surface area contributed by atoms with E-state index < -0.39 is 0 Å². The van der Waals surface area contributed by atoms with Crippen molar-refractivity contribution in [3.05, 3.63) is 83.4 Å². The van der Waals surface area contributed by atoms with Crippen LogP contribution >= 0.6 is 22.6 Å². The third kappa shape index (κ3) is 5.74. The zero-order chi connectivity index (χ0) is 24.1. The SMILES string of the molecule is CCCCOc1ccc(-n2c(NCc3ccc(C(C)(C)C)cc3)nc3ccc(CI)cc32)cc1. The van der Waals surface area contributed by atoms with Crippen molar-refractivity contribution in [2.24, 2.45) is 0 Å². The molecular weight excluding hydrogens is 533 g/mol. The minimum atomic E-state index is 0.155. The van der Waals surface area contributed by atoms with Gasteiger partial charge in [-0.3, -0.25) is 4.57 Å². The van der Waals surface area contributed by atoms with Crippen LogP contribution in [0.25, 0.3) is 16.7 Å². The van der Waals surface area contributed by atoms with Crippen LogP contribution in [0.5, 0.6) is 5.75 Å². The second-order valence-electron chi connectivity index (χ2n) is 9.72. The van der Waals surface area contributed by atoms with Gasteiger partial charge in [-0.1, -0.05) is 87.0 Å². The number of rotatable bonds is 9. The summed E-state index contributed by atoms with van der Waals surface area (Å²) in [5.41, 5.74) is 7.19. The first kappa shape index (κ1) is 24.6. The first-order chi connectivity index (χ1) is 16.4. The number of alkyl halides is 1. The van der Waals surface area contributed by atoms with Crippen molar-refractivity contribution in [2.45, 2.75) is 56.9 Å². The molecule has 0 amide bonds. The monoisotopic (exact) mass is 567 g/mol. The molecule has 34 heavy (non-hydrogen) atoms. The maximum atomic E-state index is 5.87. The standard InChI is InChI=1S/C29H34IN3O/c1-5-6-17-34-25-14-12-24(13-15-25)33-27-18-22(19-30)9-16-26(27)32-28(33)31-20-21-7-10-23(11-8-21)29(2,3)4/h7-16,18H,5-6,17,19-20H2,1-4H3,(H,31,32). The summed E-state index contributed by atoms with van der Waals surface area (Å²) < 4.78 is 9.05. The number of nitrogens with one attached hydrogen (secondary N) is 1. The van der Waals surface area contributed by atoms with Crippen LogP contribution in [0.1, 0.15) is 57.2 Å². The molecule has 0 aliphatic rings. The Morgan fingerprint density at radius 2 is 1.65 bits per heavy atom. The van der Waals surface area contributed by atoms with Crippen LogP contribution in [0, 0.1) is 0 Å². The third-order valence-corrected chi connectivity index (χ3v) is 6.89. The minimum absolute atomic E-state index is 0.155. The summed E-state index contributed by atoms with van der Waals surface area (Å²) in [6, 6.07) is 23.7. The van der Waals surface area contributed by atoms with E-state index in [0.29, 0.717) is 6.54 Å². The molecule has 0 fully saturated rings. The third-order valence-electron chi connectivity index (χ3n) is 6.01. The van der Waals surface area contributed by atoms with Crippen LogP contribution in [0.15, 0.2) is 66.7 Å². The number of hydrogen-bond donors (Lipinski definition) is 1. The van der Waals surface area contributed by atoms with Gasteiger partial charge in [0.05, 0.1) is 17.6 Å². The number of ether oxygens (including phenoxy) is 1. The molecule has 1 aromatic heterocycles. The van der Waals surface area contributed by atoms with Crippen LogP contribution in [-0.4, -0.2) is 16.2 Å². The lowest BCUT2D eigenvalue weighted by molar-refractivity contribution is 0.309. The lowest BCUT2D eigenvalue weighted by Gasteiger charge is -2.19. The molecule has 0 unspecified atom stereocenters. The Morgan fingerprint density at radius 1 is 0.941 bits per heavy atom. The zero-order valence-corrected chi connectivity index (χ0v) is 22.7. The van der Waals surface area contributed by atoms with Crippen molar-refractivity contribution in [3.63, 3.8) is 0 Å². The molecule has 5 heteroatoms. The van der Waals surface area contributed by atoms with Gasteiger partial charge in [-0.2, -0.15) is 0 Å². The van der Waals surface area contributed by atoms with Crippen molar-refractivity contribution >= 4 is 39.6 Å². The number of anilines is 1. The number of imidazole rings is 1. The van der Waals surface area contributed by atoms with Gasteiger partial charge in [-0.05, 0) is 64.9 Å². The van der Waals surface area contributed by atoms with Crippen molar-refractivity contribution in [3.8, 4) is 11.4 Å². The number of hydrogen-bond acceptors (Lipinski definition) is 3. The average molecular weight is 568 g/mol. The fraction of sp³-hybridized carbons (Fsp3) is 0.345. The number of benzene rings is 3. The van der Waals surface area contributed by atoms with Gasteiger partial charge in [-0.15, -0.1) is 0 Å². The highest BCUT2D eigenvalue weighted by Gasteiger charge is 2.15. The Hall–Kier alpha value is -2.54. The fourth-order valence-electron chi connectivity index (χ4n) is 3.91. The normalized spacial score (nSPS) is 11.7. The first-order valence-electron chi connectivity index (χ1n) is 12.0. The van der Waals surface area contributed by atoms with E-state index in [2.05, 4.69) is 115 Å². The lowest BCUT2D eigenvalue weighted by Crippen LogP contribution is -2.11. The van der Waals surface area contributed by atoms with E-state index in [4.69, 9.17) is 9.72 Å². The second-order valence-corrected chi connectivity index (χ2v) is 10.5. The van der Waals surface area contributed by atoms with E-state index in [-0.39, 0.29) is 5.41 Å². The molecule has 0 bridgehead atoms. The highest BCUT2D eigenvalue weighted by Crippen LogP contribution is 2.28. The smallest absolute Gasteiger partial charge is 0.208 e. The molecule has 0 atom stereocenters. The van der Waals surface area contributed by atoms with E-state index in [1.807, 2.05) is 12.1 Å². The topological polar surface area (TPSA) is 39.1 Å². The Bertz CT molecular complexity index is 1220. The van der Waals surface area contributed by atoms with Crippen LogP contribution in [0.3, 0.4) is 0 Å². The molecule has 1 heterocycles. The molecule has 0 saturated heterocycles. The van der Waals surface area contributed by atoms with Gasteiger partial charge >= 0.3 is 0 Å². The van der Waals surface area contributed by atoms with Crippen molar-refractivity contribution in [2.75, 3.05) is 11.9 Å². The van der Waals surface area contributed by atoms with Crippen LogP contribution in [0.2, 0.25) is 0 Å². The quantitative estimate of drug-likeness (QED) is 0.126. The summed E-state index contributed by atoms with van der Waals surface area (Å²) in [5.74, 6) is 1.75. The molecule has 3 aromatic carbocycles. The summed E-state index contributed by atoms with van der Waals surface area (Å²) in [6.45, 7) is 10.4. The molecule has 1 N–H and O–H groups in total. The van der Waals surface area contributed by atoms with Crippen LogP contribution < -0.4 is 10.1 Å². The van der Waals surface area contributed by atoms with Gasteiger partial charge in [0.1, 0.15) is 5.75 Å². The molecule has 4 rings (SSSR count). The number of nitrogens with zero attached hydrogens (tertiary/aromatic N) is 2. The highest BCUT2D eigenvalue weighted by atomic mass is 127. The van der Waals surface area contributed by atoms with Crippen molar-refractivity contribution < 1.29 is 4.74 Å². The molecule has 0 aliphatic heterocycles. The number of aromatic nitrogens is 2. The van der Waals surface area contributed by atoms with Gasteiger partial charge in [0.2, 0.25) is 5.95 Å². The maximum Gasteiger partial charge on any atom is 0.208 e. The average Bonchev–Trinajstić information content (AvgIpc) is 3.20. The Kier molecular flexibility index (Phi) is 7.81. The Morgan fingerprint density at radius 3 is 2.29 bits per heavy atom. The summed E-state index contributed by atoms with van der Waals surface area (Å²) in [6.07, 6.45) is 2.20. The Balaban J connectivity index is 1.63. The predicted molar refractivity (Wildman–Crippen MR) is 152 cm³/mol. The van der Waals surface area contributed by atoms with E-state index in [1.165, 1.54) is 16.7 Å². The van der Waals surface area contributed by atoms with Gasteiger partial charge in [0.15, 0.2) is 0 Å². The molecule has 0 spiro atoms. The molecule has 0 radical (unpaired) electrons. The van der Waals surface area contributed by atoms with E-state index in [0.717, 1.165) is 52.3 Å². The predicted octanol–water partition coefficient (Wildman–Crippen LogP) is 8.05. The van der Waals surface area contributed by atoms with Gasteiger partial charge in [-0.25, -0.2) is 4.98 Å². The number of unbranched alkanes of at least 4 members (excludes halogenated alkanes) is 1. The van der Waals surface area contributed by atoms with Crippen LogP contribution in [0.4, 0.5) is 5.95 Å². The van der Waals surface area contributed by atoms with E-state index in [9.17, 15) is 0 Å². The molecule has 0 aliphatic carbocycles. The van der Waals surface area contributed by atoms with Gasteiger partial charge in [0, 0.05) is 16.7 Å². The van der Waals surface area contributed by atoms with E-state index >= 15 is 0 Å². The molecule has 0 saturated carbocycles. The van der Waals surface area contributed by atoms with Crippen molar-refractivity contribution in [1.82, 2.24) is 9.55 Å². The van der Waals surface area contributed by atoms with Gasteiger partial charge in [0.25, 0.3) is 0 Å². The summed E-state index contributed by atoms with van der Waals surface area (Å²) in [7, 11) is 0. The zero-order valence-electron chi connectivity index (χ0n) is 20.6. The highest BCUT2D eigenvalue weighted by molar-refractivity contribution is 14.1. The van der Waals surface area contributed by atoms with Crippen molar-refractivity contribution in [1.29, 1.82) is 0 Å². The molecule has 4 aromatic rings. The summed E-state index contributed by atoms with van der Waals surface area (Å²) in [4.78, 5) is 4.94. The number of halogens is 1. The summed E-state index contributed by atoms with van der Waals surface area (Å²) >= 11 is 2.41. The maximum absolute atomic E-state index is 5.87. The van der Waals surface area contributed by atoms with Gasteiger partial charge < -0.3 is 10.1 Å². The molecular formula is C29H34IN3O. The largest absolute Gasteiger partial charge is 0.494 e.